The Labute approximate surface area is 160 Å². The number of aryl methyl sites for hydroxylation is 2. The van der Waals surface area contributed by atoms with E-state index in [1.807, 2.05) is 31.5 Å². The number of aromatic nitrogens is 3. The highest BCUT2D eigenvalue weighted by Crippen LogP contribution is 2.22. The van der Waals surface area contributed by atoms with Crippen LogP contribution in [0.2, 0.25) is 0 Å². The molecule has 0 amide bonds. The minimum absolute atomic E-state index is 0.288. The second kappa shape index (κ2) is 8.12. The van der Waals surface area contributed by atoms with E-state index in [1.54, 1.807) is 13.0 Å². The molecule has 1 atom stereocenters. The molecule has 3 N–H and O–H groups in total. The Bertz CT molecular complexity index is 786. The van der Waals surface area contributed by atoms with Crippen molar-refractivity contribution in [2.45, 2.75) is 64.6 Å². The van der Waals surface area contributed by atoms with Crippen LogP contribution in [0.15, 0.2) is 21.5 Å². The number of guanidine groups is 1. The Morgan fingerprint density at radius 2 is 2.07 bits per heavy atom. The lowest BCUT2D eigenvalue weighted by molar-refractivity contribution is 0.0377. The lowest BCUT2D eigenvalue weighted by Crippen LogP contribution is -2.47. The van der Waals surface area contributed by atoms with E-state index >= 15 is 0 Å². The SMILES string of the molecule is Cc1ccc(C(C)(O)CNC(=NCc2nnc(C)n2C)NC2CCCC2)o1. The van der Waals surface area contributed by atoms with Crippen molar-refractivity contribution < 1.29 is 9.52 Å². The number of nitrogens with one attached hydrogen (secondary N) is 2. The molecule has 3 rings (SSSR count). The number of aliphatic imine (C=N–C) groups is 1. The van der Waals surface area contributed by atoms with E-state index in [2.05, 4.69) is 25.8 Å². The van der Waals surface area contributed by atoms with Crippen LogP contribution in [0.4, 0.5) is 0 Å². The topological polar surface area (TPSA) is 101 Å². The number of hydrogen-bond acceptors (Lipinski definition) is 5. The third-order valence-corrected chi connectivity index (χ3v) is 5.13. The van der Waals surface area contributed by atoms with Crippen LogP contribution >= 0.6 is 0 Å². The van der Waals surface area contributed by atoms with Gasteiger partial charge in [-0.2, -0.15) is 0 Å². The monoisotopic (exact) mass is 374 g/mol. The van der Waals surface area contributed by atoms with Crippen LogP contribution in [-0.4, -0.2) is 38.4 Å². The van der Waals surface area contributed by atoms with Crippen LogP contribution in [-0.2, 0) is 19.2 Å². The Morgan fingerprint density at radius 1 is 1.33 bits per heavy atom. The molecule has 1 aliphatic carbocycles. The minimum Gasteiger partial charge on any atom is -0.463 e. The predicted molar refractivity (Wildman–Crippen MR) is 103 cm³/mol. The summed E-state index contributed by atoms with van der Waals surface area (Å²) >= 11 is 0. The molecule has 8 nitrogen and oxygen atoms in total. The molecule has 1 saturated carbocycles. The lowest BCUT2D eigenvalue weighted by atomic mass is 10.0. The van der Waals surface area contributed by atoms with Crippen LogP contribution in [0.1, 0.15) is 55.8 Å². The number of hydrogen-bond donors (Lipinski definition) is 3. The Morgan fingerprint density at radius 3 is 2.67 bits per heavy atom. The molecule has 2 aromatic rings. The molecule has 0 spiro atoms. The number of rotatable bonds is 6. The van der Waals surface area contributed by atoms with Crippen molar-refractivity contribution in [3.63, 3.8) is 0 Å². The first-order valence-corrected chi connectivity index (χ1v) is 9.54. The Kier molecular flexibility index (Phi) is 5.84. The zero-order valence-electron chi connectivity index (χ0n) is 16.6. The van der Waals surface area contributed by atoms with Crippen LogP contribution in [0.3, 0.4) is 0 Å². The Hall–Kier alpha value is -2.35. The van der Waals surface area contributed by atoms with E-state index in [1.165, 1.54) is 12.8 Å². The van der Waals surface area contributed by atoms with Crippen molar-refractivity contribution in [3.05, 3.63) is 35.3 Å². The average molecular weight is 374 g/mol. The molecule has 2 heterocycles. The minimum atomic E-state index is -1.13. The molecule has 8 heteroatoms. The lowest BCUT2D eigenvalue weighted by Gasteiger charge is -2.24. The highest BCUT2D eigenvalue weighted by atomic mass is 16.4. The predicted octanol–water partition coefficient (Wildman–Crippen LogP) is 1.91. The summed E-state index contributed by atoms with van der Waals surface area (Å²) in [5, 5.41) is 25.8. The maximum absolute atomic E-state index is 10.8. The molecule has 2 aromatic heterocycles. The van der Waals surface area contributed by atoms with Gasteiger partial charge >= 0.3 is 0 Å². The first-order valence-electron chi connectivity index (χ1n) is 9.54. The van der Waals surface area contributed by atoms with Gasteiger partial charge in [0.15, 0.2) is 11.8 Å². The van der Waals surface area contributed by atoms with Gasteiger partial charge in [0, 0.05) is 13.1 Å². The van der Waals surface area contributed by atoms with Crippen molar-refractivity contribution >= 4 is 5.96 Å². The summed E-state index contributed by atoms with van der Waals surface area (Å²) in [6.07, 6.45) is 4.74. The van der Waals surface area contributed by atoms with Crippen molar-refractivity contribution in [3.8, 4) is 0 Å². The number of furan rings is 1. The standard InChI is InChI=1S/C19H30N6O2/c1-13-9-10-16(27-13)19(3,26)12-21-18(22-15-7-5-6-8-15)20-11-17-24-23-14(2)25(17)4/h9-10,15,26H,5-8,11-12H2,1-4H3,(H2,20,21,22). The molecule has 1 unspecified atom stereocenters. The van der Waals surface area contributed by atoms with Gasteiger partial charge in [-0.15, -0.1) is 10.2 Å². The van der Waals surface area contributed by atoms with Gasteiger partial charge in [-0.3, -0.25) is 0 Å². The van der Waals surface area contributed by atoms with E-state index in [0.29, 0.717) is 24.3 Å². The first kappa shape index (κ1) is 19.4. The van der Waals surface area contributed by atoms with Crippen LogP contribution < -0.4 is 10.6 Å². The second-order valence-electron chi connectivity index (χ2n) is 7.55. The highest BCUT2D eigenvalue weighted by Gasteiger charge is 2.27. The van der Waals surface area contributed by atoms with E-state index in [-0.39, 0.29) is 6.54 Å². The fraction of sp³-hybridized carbons (Fsp3) is 0.632. The average Bonchev–Trinajstić information content (AvgIpc) is 3.35. The molecule has 0 saturated heterocycles. The van der Waals surface area contributed by atoms with Crippen molar-refractivity contribution in [2.24, 2.45) is 12.0 Å². The van der Waals surface area contributed by atoms with Gasteiger partial charge in [0.25, 0.3) is 0 Å². The summed E-state index contributed by atoms with van der Waals surface area (Å²) in [6, 6.07) is 4.07. The number of nitrogens with zero attached hydrogens (tertiary/aromatic N) is 4. The van der Waals surface area contributed by atoms with Crippen LogP contribution in [0.5, 0.6) is 0 Å². The smallest absolute Gasteiger partial charge is 0.192 e. The van der Waals surface area contributed by atoms with Crippen molar-refractivity contribution in [1.29, 1.82) is 0 Å². The van der Waals surface area contributed by atoms with Crippen molar-refractivity contribution in [1.82, 2.24) is 25.4 Å². The van der Waals surface area contributed by atoms with Gasteiger partial charge in [-0.05, 0) is 45.7 Å². The summed E-state index contributed by atoms with van der Waals surface area (Å²) in [5.41, 5.74) is -1.13. The largest absolute Gasteiger partial charge is 0.463 e. The van der Waals surface area contributed by atoms with Crippen LogP contribution in [0, 0.1) is 13.8 Å². The normalized spacial score (nSPS) is 17.9. The molecular weight excluding hydrogens is 344 g/mol. The summed E-state index contributed by atoms with van der Waals surface area (Å²) in [6.45, 7) is 6.22. The zero-order chi connectivity index (χ0) is 19.4. The fourth-order valence-corrected chi connectivity index (χ4v) is 3.22. The van der Waals surface area contributed by atoms with E-state index in [9.17, 15) is 5.11 Å². The molecule has 27 heavy (non-hydrogen) atoms. The van der Waals surface area contributed by atoms with Gasteiger partial charge < -0.3 is 24.7 Å². The molecule has 1 aliphatic rings. The molecule has 0 aromatic carbocycles. The number of aliphatic hydroxyl groups is 1. The maximum Gasteiger partial charge on any atom is 0.192 e. The van der Waals surface area contributed by atoms with E-state index in [4.69, 9.17) is 4.42 Å². The zero-order valence-corrected chi connectivity index (χ0v) is 16.6. The quantitative estimate of drug-likeness (QED) is 0.527. The fourth-order valence-electron chi connectivity index (χ4n) is 3.22. The third-order valence-electron chi connectivity index (χ3n) is 5.13. The molecule has 1 fully saturated rings. The molecule has 148 valence electrons. The molecule has 0 radical (unpaired) electrons. The van der Waals surface area contributed by atoms with Gasteiger partial charge in [0.1, 0.15) is 29.5 Å². The summed E-state index contributed by atoms with van der Waals surface area (Å²) in [4.78, 5) is 4.66. The Balaban J connectivity index is 1.69. The summed E-state index contributed by atoms with van der Waals surface area (Å²) < 4.78 is 7.52. The maximum atomic E-state index is 10.8. The summed E-state index contributed by atoms with van der Waals surface area (Å²) in [7, 11) is 1.93. The van der Waals surface area contributed by atoms with Crippen molar-refractivity contribution in [2.75, 3.05) is 6.54 Å². The molecule has 0 aliphatic heterocycles. The van der Waals surface area contributed by atoms with Crippen LogP contribution in [0.25, 0.3) is 0 Å². The first-order chi connectivity index (χ1) is 12.8. The van der Waals surface area contributed by atoms with E-state index in [0.717, 1.165) is 30.3 Å². The highest BCUT2D eigenvalue weighted by molar-refractivity contribution is 5.80. The van der Waals surface area contributed by atoms with Gasteiger partial charge in [-0.1, -0.05) is 12.8 Å². The van der Waals surface area contributed by atoms with Gasteiger partial charge in [0.05, 0.1) is 6.54 Å². The van der Waals surface area contributed by atoms with Gasteiger partial charge in [-0.25, -0.2) is 4.99 Å². The molecule has 0 bridgehead atoms. The third kappa shape index (κ3) is 4.88. The van der Waals surface area contributed by atoms with E-state index < -0.39 is 5.60 Å². The second-order valence-corrected chi connectivity index (χ2v) is 7.55. The summed E-state index contributed by atoms with van der Waals surface area (Å²) in [5.74, 6) is 3.65. The molecular formula is C19H30N6O2. The van der Waals surface area contributed by atoms with Gasteiger partial charge in [0.2, 0.25) is 0 Å².